The van der Waals surface area contributed by atoms with Crippen molar-refractivity contribution in [3.63, 3.8) is 0 Å². The van der Waals surface area contributed by atoms with Crippen molar-refractivity contribution in [3.8, 4) is 0 Å². The quantitative estimate of drug-likeness (QED) is 0.506. The van der Waals surface area contributed by atoms with E-state index in [1.54, 1.807) is 36.2 Å². The van der Waals surface area contributed by atoms with E-state index in [0.717, 1.165) is 16.3 Å². The molecule has 0 aliphatic heterocycles. The summed E-state index contributed by atoms with van der Waals surface area (Å²) >= 11 is 1.59. The third kappa shape index (κ3) is 5.79. The lowest BCUT2D eigenvalue weighted by molar-refractivity contribution is -0.116. The predicted molar refractivity (Wildman–Crippen MR) is 83.4 cm³/mol. The molecule has 0 bridgehead atoms. The number of amides is 1. The molecule has 1 amide bonds. The van der Waals surface area contributed by atoms with E-state index in [0.29, 0.717) is 6.54 Å². The number of pyridine rings is 1. The molecule has 1 heterocycles. The van der Waals surface area contributed by atoms with Crippen LogP contribution >= 0.6 is 11.8 Å². The maximum Gasteiger partial charge on any atom is 0.244 e. The summed E-state index contributed by atoms with van der Waals surface area (Å²) in [6.45, 7) is 0.563. The van der Waals surface area contributed by atoms with Crippen LogP contribution in [0.3, 0.4) is 0 Å². The summed E-state index contributed by atoms with van der Waals surface area (Å²) in [5, 5.41) is 3.72. The molecule has 3 nitrogen and oxygen atoms in total. The number of thioether (sulfide) groups is 1. The Morgan fingerprint density at radius 1 is 1.24 bits per heavy atom. The van der Waals surface area contributed by atoms with E-state index in [-0.39, 0.29) is 11.7 Å². The Morgan fingerprint density at radius 2 is 2.05 bits per heavy atom. The highest BCUT2D eigenvalue weighted by Crippen LogP contribution is 2.12. The van der Waals surface area contributed by atoms with Gasteiger partial charge < -0.3 is 5.32 Å². The number of rotatable bonds is 6. The minimum atomic E-state index is -0.289. The second-order valence-corrected chi connectivity index (χ2v) is 5.31. The monoisotopic (exact) mass is 302 g/mol. The fourth-order valence-electron chi connectivity index (χ4n) is 1.57. The molecular formula is C16H15FN2OS. The van der Waals surface area contributed by atoms with E-state index in [2.05, 4.69) is 10.3 Å². The molecule has 0 fully saturated rings. The molecule has 0 atom stereocenters. The number of hydrogen-bond donors (Lipinski definition) is 1. The molecule has 1 aromatic heterocycles. The molecule has 0 unspecified atom stereocenters. The van der Waals surface area contributed by atoms with Gasteiger partial charge in [0.1, 0.15) is 5.82 Å². The minimum absolute atomic E-state index is 0.166. The first-order chi connectivity index (χ1) is 10.2. The van der Waals surface area contributed by atoms with Gasteiger partial charge in [0.2, 0.25) is 5.91 Å². The second kappa shape index (κ2) is 8.21. The number of aromatic nitrogens is 1. The van der Waals surface area contributed by atoms with Gasteiger partial charge in [0, 0.05) is 24.6 Å². The topological polar surface area (TPSA) is 42.0 Å². The highest BCUT2D eigenvalue weighted by molar-refractivity contribution is 7.99. The van der Waals surface area contributed by atoms with Gasteiger partial charge in [-0.2, -0.15) is 0 Å². The molecule has 0 radical (unpaired) electrons. The van der Waals surface area contributed by atoms with Gasteiger partial charge in [-0.15, -0.1) is 11.8 Å². The van der Waals surface area contributed by atoms with Crippen molar-refractivity contribution in [2.75, 3.05) is 12.3 Å². The molecule has 1 aromatic carbocycles. The van der Waals surface area contributed by atoms with Crippen LogP contribution in [-0.4, -0.2) is 23.2 Å². The highest BCUT2D eigenvalue weighted by atomic mass is 32.2. The van der Waals surface area contributed by atoms with Gasteiger partial charge >= 0.3 is 0 Å². The summed E-state index contributed by atoms with van der Waals surface area (Å²) in [4.78, 5) is 15.8. The Balaban J connectivity index is 1.69. The summed E-state index contributed by atoms with van der Waals surface area (Å²) in [6.07, 6.45) is 4.84. The van der Waals surface area contributed by atoms with Crippen molar-refractivity contribution in [2.45, 2.75) is 5.03 Å². The van der Waals surface area contributed by atoms with Crippen LogP contribution in [0.5, 0.6) is 0 Å². The van der Waals surface area contributed by atoms with Gasteiger partial charge in [0.25, 0.3) is 0 Å². The van der Waals surface area contributed by atoms with Crippen LogP contribution in [0.2, 0.25) is 0 Å². The molecule has 0 saturated carbocycles. The summed E-state index contributed by atoms with van der Waals surface area (Å²) in [6, 6.07) is 11.7. The predicted octanol–water partition coefficient (Wildman–Crippen LogP) is 3.14. The lowest BCUT2D eigenvalue weighted by atomic mass is 10.2. The molecule has 21 heavy (non-hydrogen) atoms. The molecule has 2 rings (SSSR count). The Labute approximate surface area is 127 Å². The van der Waals surface area contributed by atoms with Crippen molar-refractivity contribution >= 4 is 23.7 Å². The first-order valence-electron chi connectivity index (χ1n) is 6.49. The summed E-state index contributed by atoms with van der Waals surface area (Å²) in [5.41, 5.74) is 0.786. The van der Waals surface area contributed by atoms with E-state index in [4.69, 9.17) is 0 Å². The zero-order valence-corrected chi connectivity index (χ0v) is 12.1. The van der Waals surface area contributed by atoms with Crippen molar-refractivity contribution in [1.82, 2.24) is 10.3 Å². The van der Waals surface area contributed by atoms with E-state index in [9.17, 15) is 9.18 Å². The van der Waals surface area contributed by atoms with Crippen LogP contribution < -0.4 is 5.32 Å². The van der Waals surface area contributed by atoms with Crippen molar-refractivity contribution < 1.29 is 9.18 Å². The van der Waals surface area contributed by atoms with E-state index in [1.807, 2.05) is 18.2 Å². The van der Waals surface area contributed by atoms with E-state index >= 15 is 0 Å². The standard InChI is InChI=1S/C16H15FN2OS/c17-14-7-4-13(5-8-14)6-9-15(20)18-11-12-21-16-3-1-2-10-19-16/h1-10H,11-12H2,(H,18,20)/b9-6+. The number of nitrogens with zero attached hydrogens (tertiary/aromatic N) is 1. The molecule has 5 heteroatoms. The molecule has 0 aliphatic rings. The third-order valence-electron chi connectivity index (χ3n) is 2.59. The van der Waals surface area contributed by atoms with Crippen molar-refractivity contribution in [3.05, 3.63) is 66.1 Å². The second-order valence-electron chi connectivity index (χ2n) is 4.19. The molecular weight excluding hydrogens is 287 g/mol. The van der Waals surface area contributed by atoms with Crippen LogP contribution in [0.1, 0.15) is 5.56 Å². The molecule has 108 valence electrons. The Hall–Kier alpha value is -2.14. The van der Waals surface area contributed by atoms with E-state index in [1.165, 1.54) is 18.2 Å². The third-order valence-corrected chi connectivity index (χ3v) is 3.53. The van der Waals surface area contributed by atoms with Crippen LogP contribution in [0.4, 0.5) is 4.39 Å². The van der Waals surface area contributed by atoms with Crippen LogP contribution in [0, 0.1) is 5.82 Å². The van der Waals surface area contributed by atoms with Gasteiger partial charge in [-0.25, -0.2) is 9.37 Å². The zero-order valence-electron chi connectivity index (χ0n) is 11.3. The highest BCUT2D eigenvalue weighted by Gasteiger charge is 1.97. The number of carbonyl (C=O) groups excluding carboxylic acids is 1. The maximum absolute atomic E-state index is 12.7. The SMILES string of the molecule is O=C(/C=C/c1ccc(F)cc1)NCCSc1ccccn1. The molecule has 2 aromatic rings. The van der Waals surface area contributed by atoms with E-state index < -0.39 is 0 Å². The van der Waals surface area contributed by atoms with Crippen LogP contribution in [0.15, 0.2) is 59.8 Å². The maximum atomic E-state index is 12.7. The van der Waals surface area contributed by atoms with Gasteiger partial charge in [0.15, 0.2) is 0 Å². The number of carbonyl (C=O) groups is 1. The average molecular weight is 302 g/mol. The summed E-state index contributed by atoms with van der Waals surface area (Å²) in [7, 11) is 0. The fourth-order valence-corrected chi connectivity index (χ4v) is 2.29. The number of halogens is 1. The smallest absolute Gasteiger partial charge is 0.244 e. The molecule has 0 saturated heterocycles. The fraction of sp³-hybridized carbons (Fsp3) is 0.125. The van der Waals surface area contributed by atoms with Crippen LogP contribution in [0.25, 0.3) is 6.08 Å². The first kappa shape index (κ1) is 15.3. The molecule has 1 N–H and O–H groups in total. The number of benzene rings is 1. The summed E-state index contributed by atoms with van der Waals surface area (Å²) < 4.78 is 12.7. The Morgan fingerprint density at radius 3 is 2.76 bits per heavy atom. The normalized spacial score (nSPS) is 10.7. The zero-order chi connectivity index (χ0) is 14.9. The number of nitrogens with one attached hydrogen (secondary N) is 1. The number of hydrogen-bond acceptors (Lipinski definition) is 3. The Bertz CT molecular complexity index is 599. The van der Waals surface area contributed by atoms with Crippen molar-refractivity contribution in [2.24, 2.45) is 0 Å². The van der Waals surface area contributed by atoms with Gasteiger partial charge in [0.05, 0.1) is 5.03 Å². The lowest BCUT2D eigenvalue weighted by Crippen LogP contribution is -2.23. The summed E-state index contributed by atoms with van der Waals surface area (Å²) in [5.74, 6) is 0.303. The average Bonchev–Trinajstić information content (AvgIpc) is 2.52. The van der Waals surface area contributed by atoms with Gasteiger partial charge in [-0.1, -0.05) is 18.2 Å². The lowest BCUT2D eigenvalue weighted by Gasteiger charge is -2.02. The first-order valence-corrected chi connectivity index (χ1v) is 7.48. The largest absolute Gasteiger partial charge is 0.352 e. The Kier molecular flexibility index (Phi) is 5.97. The van der Waals surface area contributed by atoms with Gasteiger partial charge in [-0.3, -0.25) is 4.79 Å². The van der Waals surface area contributed by atoms with Crippen molar-refractivity contribution in [1.29, 1.82) is 0 Å². The van der Waals surface area contributed by atoms with Crippen LogP contribution in [-0.2, 0) is 4.79 Å². The minimum Gasteiger partial charge on any atom is -0.352 e. The molecule has 0 spiro atoms. The molecule has 0 aliphatic carbocycles. The van der Waals surface area contributed by atoms with Gasteiger partial charge in [-0.05, 0) is 35.9 Å².